The van der Waals surface area contributed by atoms with Gasteiger partial charge in [-0.25, -0.2) is 4.98 Å². The SMILES string of the molecule is O=C(NC1CCCN(Cc2csc(C3CCCC3)n2)C1)C1CC1. The summed E-state index contributed by atoms with van der Waals surface area (Å²) < 4.78 is 0. The Labute approximate surface area is 142 Å². The second kappa shape index (κ2) is 6.89. The Balaban J connectivity index is 1.30. The maximum Gasteiger partial charge on any atom is 0.223 e. The van der Waals surface area contributed by atoms with Gasteiger partial charge in [-0.2, -0.15) is 0 Å². The van der Waals surface area contributed by atoms with E-state index in [0.29, 0.717) is 12.0 Å². The fourth-order valence-electron chi connectivity index (χ4n) is 3.97. The average Bonchev–Trinajstić information content (AvgIpc) is 3.06. The number of thiazole rings is 1. The molecular formula is C18H27N3OS. The number of carbonyl (C=O) groups excluding carboxylic acids is 1. The van der Waals surface area contributed by atoms with E-state index < -0.39 is 0 Å². The van der Waals surface area contributed by atoms with Gasteiger partial charge in [-0.1, -0.05) is 12.8 Å². The van der Waals surface area contributed by atoms with E-state index in [2.05, 4.69) is 15.6 Å². The summed E-state index contributed by atoms with van der Waals surface area (Å²) in [6, 6.07) is 0.338. The van der Waals surface area contributed by atoms with E-state index in [1.807, 2.05) is 11.3 Å². The Bertz CT molecular complexity index is 548. The summed E-state index contributed by atoms with van der Waals surface area (Å²) in [4.78, 5) is 19.3. The van der Waals surface area contributed by atoms with E-state index in [1.165, 1.54) is 42.8 Å². The van der Waals surface area contributed by atoms with Crippen LogP contribution in [0.1, 0.15) is 68.0 Å². The van der Waals surface area contributed by atoms with E-state index in [4.69, 9.17) is 4.98 Å². The molecule has 0 aromatic carbocycles. The van der Waals surface area contributed by atoms with Crippen LogP contribution in [-0.4, -0.2) is 34.9 Å². The van der Waals surface area contributed by atoms with Crippen LogP contribution in [0.5, 0.6) is 0 Å². The van der Waals surface area contributed by atoms with Gasteiger partial charge >= 0.3 is 0 Å². The molecule has 1 aromatic rings. The maximum atomic E-state index is 11.9. The first-order chi connectivity index (χ1) is 11.3. The van der Waals surface area contributed by atoms with Gasteiger partial charge in [0, 0.05) is 36.3 Å². The minimum absolute atomic E-state index is 0.286. The van der Waals surface area contributed by atoms with Crippen LogP contribution in [0.25, 0.3) is 0 Å². The molecule has 1 aliphatic heterocycles. The number of piperidine rings is 1. The number of amides is 1. The first-order valence-corrected chi connectivity index (χ1v) is 10.1. The number of aromatic nitrogens is 1. The molecule has 1 N–H and O–H groups in total. The lowest BCUT2D eigenvalue weighted by molar-refractivity contribution is -0.123. The van der Waals surface area contributed by atoms with Crippen molar-refractivity contribution < 1.29 is 4.79 Å². The van der Waals surface area contributed by atoms with Gasteiger partial charge in [0.2, 0.25) is 5.91 Å². The lowest BCUT2D eigenvalue weighted by Crippen LogP contribution is -2.47. The predicted molar refractivity (Wildman–Crippen MR) is 92.5 cm³/mol. The van der Waals surface area contributed by atoms with Crippen LogP contribution in [-0.2, 0) is 11.3 Å². The molecule has 2 saturated carbocycles. The lowest BCUT2D eigenvalue weighted by atomic mass is 10.1. The molecule has 2 heterocycles. The van der Waals surface area contributed by atoms with Gasteiger partial charge in [0.25, 0.3) is 0 Å². The third-order valence-corrected chi connectivity index (χ3v) is 6.52. The largest absolute Gasteiger partial charge is 0.352 e. The molecular weight excluding hydrogens is 306 g/mol. The molecule has 1 atom stereocenters. The molecule has 0 spiro atoms. The first kappa shape index (κ1) is 15.6. The summed E-state index contributed by atoms with van der Waals surface area (Å²) in [7, 11) is 0. The zero-order valence-corrected chi connectivity index (χ0v) is 14.6. The van der Waals surface area contributed by atoms with Gasteiger partial charge in [-0.15, -0.1) is 11.3 Å². The first-order valence-electron chi connectivity index (χ1n) is 9.25. The quantitative estimate of drug-likeness (QED) is 0.899. The molecule has 4 nitrogen and oxygen atoms in total. The van der Waals surface area contributed by atoms with Crippen LogP contribution in [0.4, 0.5) is 0 Å². The highest BCUT2D eigenvalue weighted by atomic mass is 32.1. The van der Waals surface area contributed by atoms with Crippen molar-refractivity contribution in [2.45, 2.75) is 69.9 Å². The third-order valence-electron chi connectivity index (χ3n) is 5.46. The van der Waals surface area contributed by atoms with Crippen LogP contribution in [0.15, 0.2) is 5.38 Å². The summed E-state index contributed by atoms with van der Waals surface area (Å²) >= 11 is 1.85. The zero-order valence-electron chi connectivity index (χ0n) is 13.8. The van der Waals surface area contributed by atoms with Crippen molar-refractivity contribution in [2.24, 2.45) is 5.92 Å². The molecule has 3 fully saturated rings. The molecule has 0 bridgehead atoms. The number of hydrogen-bond acceptors (Lipinski definition) is 4. The molecule has 1 unspecified atom stereocenters. The summed E-state index contributed by atoms with van der Waals surface area (Å²) in [6.07, 6.45) is 9.87. The van der Waals surface area contributed by atoms with Crippen molar-refractivity contribution in [1.29, 1.82) is 0 Å². The fourth-order valence-corrected chi connectivity index (χ4v) is 4.95. The highest BCUT2D eigenvalue weighted by Crippen LogP contribution is 2.35. The zero-order chi connectivity index (χ0) is 15.6. The van der Waals surface area contributed by atoms with Gasteiger partial charge in [0.05, 0.1) is 10.7 Å². The number of rotatable bonds is 5. The third kappa shape index (κ3) is 3.94. The van der Waals surface area contributed by atoms with E-state index in [-0.39, 0.29) is 5.91 Å². The van der Waals surface area contributed by atoms with Crippen molar-refractivity contribution in [3.05, 3.63) is 16.1 Å². The van der Waals surface area contributed by atoms with Gasteiger partial charge in [0.1, 0.15) is 0 Å². The van der Waals surface area contributed by atoms with E-state index in [9.17, 15) is 4.79 Å². The number of nitrogens with one attached hydrogen (secondary N) is 1. The Kier molecular flexibility index (Phi) is 4.67. The lowest BCUT2D eigenvalue weighted by Gasteiger charge is -2.32. The molecule has 5 heteroatoms. The van der Waals surface area contributed by atoms with Crippen LogP contribution in [0.3, 0.4) is 0 Å². The van der Waals surface area contributed by atoms with Crippen molar-refractivity contribution in [2.75, 3.05) is 13.1 Å². The Hall–Kier alpha value is -0.940. The van der Waals surface area contributed by atoms with E-state index in [0.717, 1.165) is 44.8 Å². The molecule has 3 aliphatic rings. The smallest absolute Gasteiger partial charge is 0.223 e. The van der Waals surface area contributed by atoms with Gasteiger partial charge < -0.3 is 5.32 Å². The standard InChI is InChI=1S/C18H27N3OS/c22-17(13-7-8-13)19-15-6-3-9-21(10-15)11-16-12-23-18(20-16)14-4-1-2-5-14/h12-15H,1-11H2,(H,19,22). The van der Waals surface area contributed by atoms with Gasteiger partial charge in [-0.3, -0.25) is 9.69 Å². The maximum absolute atomic E-state index is 11.9. The summed E-state index contributed by atoms with van der Waals surface area (Å²) in [5, 5.41) is 6.85. The minimum atomic E-state index is 0.286. The number of carbonyl (C=O) groups is 1. The average molecular weight is 334 g/mol. The summed E-state index contributed by atoms with van der Waals surface area (Å²) in [5.74, 6) is 1.33. The molecule has 2 aliphatic carbocycles. The monoisotopic (exact) mass is 333 g/mol. The Morgan fingerprint density at radius 3 is 2.83 bits per heavy atom. The molecule has 1 amide bonds. The Morgan fingerprint density at radius 2 is 2.04 bits per heavy atom. The van der Waals surface area contributed by atoms with Crippen molar-refractivity contribution in [3.63, 3.8) is 0 Å². The number of hydrogen-bond donors (Lipinski definition) is 1. The predicted octanol–water partition coefficient (Wildman–Crippen LogP) is 3.29. The van der Waals surface area contributed by atoms with Crippen molar-refractivity contribution >= 4 is 17.2 Å². The molecule has 1 saturated heterocycles. The van der Waals surface area contributed by atoms with E-state index in [1.54, 1.807) is 0 Å². The Morgan fingerprint density at radius 1 is 1.22 bits per heavy atom. The highest BCUT2D eigenvalue weighted by molar-refractivity contribution is 7.09. The van der Waals surface area contributed by atoms with Crippen LogP contribution >= 0.6 is 11.3 Å². The molecule has 0 radical (unpaired) electrons. The van der Waals surface area contributed by atoms with Crippen LogP contribution in [0.2, 0.25) is 0 Å². The second-order valence-corrected chi connectivity index (χ2v) is 8.41. The fraction of sp³-hybridized carbons (Fsp3) is 0.778. The van der Waals surface area contributed by atoms with Crippen molar-refractivity contribution in [3.8, 4) is 0 Å². The van der Waals surface area contributed by atoms with Gasteiger partial charge in [-0.05, 0) is 45.1 Å². The van der Waals surface area contributed by atoms with E-state index >= 15 is 0 Å². The minimum Gasteiger partial charge on any atom is -0.352 e. The number of likely N-dealkylation sites (tertiary alicyclic amines) is 1. The highest BCUT2D eigenvalue weighted by Gasteiger charge is 2.32. The summed E-state index contributed by atoms with van der Waals surface area (Å²) in [5.41, 5.74) is 1.23. The molecule has 1 aromatic heterocycles. The molecule has 4 rings (SSSR count). The normalized spacial score (nSPS) is 26.5. The number of nitrogens with zero attached hydrogens (tertiary/aromatic N) is 2. The van der Waals surface area contributed by atoms with Crippen LogP contribution in [0, 0.1) is 5.92 Å². The summed E-state index contributed by atoms with van der Waals surface area (Å²) in [6.45, 7) is 3.06. The van der Waals surface area contributed by atoms with Crippen LogP contribution < -0.4 is 5.32 Å². The topological polar surface area (TPSA) is 45.2 Å². The van der Waals surface area contributed by atoms with Gasteiger partial charge in [0.15, 0.2) is 0 Å². The molecule has 23 heavy (non-hydrogen) atoms. The second-order valence-electron chi connectivity index (χ2n) is 7.52. The molecule has 126 valence electrons. The van der Waals surface area contributed by atoms with Crippen molar-refractivity contribution in [1.82, 2.24) is 15.2 Å².